The molecule has 1 saturated carbocycles. The first-order valence-corrected chi connectivity index (χ1v) is 7.67. The molecule has 0 bridgehead atoms. The van der Waals surface area contributed by atoms with Crippen molar-refractivity contribution >= 4 is 21.8 Å². The third kappa shape index (κ3) is 4.05. The molecule has 2 unspecified atom stereocenters. The normalized spacial score (nSPS) is 22.9. The minimum atomic E-state index is 0.156. The van der Waals surface area contributed by atoms with Crippen molar-refractivity contribution in [3.05, 3.63) is 34.3 Å². The maximum absolute atomic E-state index is 12.0. The highest BCUT2D eigenvalue weighted by atomic mass is 79.9. The van der Waals surface area contributed by atoms with E-state index in [0.29, 0.717) is 18.5 Å². The Morgan fingerprint density at radius 2 is 2.32 bits per heavy atom. The van der Waals surface area contributed by atoms with Crippen LogP contribution < -0.4 is 10.6 Å². The van der Waals surface area contributed by atoms with Crippen molar-refractivity contribution in [3.8, 4) is 0 Å². The number of likely N-dealkylation sites (N-methyl/N-ethyl adjacent to an activating group) is 1. The average Bonchev–Trinajstić information content (AvgIpc) is 3.16. The van der Waals surface area contributed by atoms with Crippen molar-refractivity contribution in [2.75, 3.05) is 13.1 Å². The standard InChI is InChI=1S/C15H21BrN2O/c1-3-17-10(2)9-18-15(19)14-8-13(14)11-5-4-6-12(16)7-11/h4-7,10,13-14,17H,3,8-9H2,1-2H3,(H,18,19)/t10-,13?,14?/m1/s1. The summed E-state index contributed by atoms with van der Waals surface area (Å²) in [5.74, 6) is 0.741. The van der Waals surface area contributed by atoms with Gasteiger partial charge in [0.1, 0.15) is 0 Å². The molecule has 0 heterocycles. The fourth-order valence-electron chi connectivity index (χ4n) is 2.40. The van der Waals surface area contributed by atoms with E-state index >= 15 is 0 Å². The van der Waals surface area contributed by atoms with Crippen LogP contribution in [0, 0.1) is 5.92 Å². The molecule has 3 atom stereocenters. The number of amides is 1. The van der Waals surface area contributed by atoms with Crippen LogP contribution in [-0.2, 0) is 4.79 Å². The van der Waals surface area contributed by atoms with E-state index in [0.717, 1.165) is 17.4 Å². The predicted molar refractivity (Wildman–Crippen MR) is 81.1 cm³/mol. The lowest BCUT2D eigenvalue weighted by Gasteiger charge is -2.13. The van der Waals surface area contributed by atoms with Crippen LogP contribution in [-0.4, -0.2) is 25.0 Å². The van der Waals surface area contributed by atoms with Gasteiger partial charge in [-0.1, -0.05) is 35.0 Å². The average molecular weight is 325 g/mol. The first-order valence-electron chi connectivity index (χ1n) is 6.88. The Balaban J connectivity index is 1.80. The largest absolute Gasteiger partial charge is 0.354 e. The number of carbonyl (C=O) groups is 1. The fraction of sp³-hybridized carbons (Fsp3) is 0.533. The van der Waals surface area contributed by atoms with E-state index in [4.69, 9.17) is 0 Å². The summed E-state index contributed by atoms with van der Waals surface area (Å²) in [4.78, 5) is 12.0. The third-order valence-corrected chi connectivity index (χ3v) is 4.03. The Morgan fingerprint density at radius 3 is 3.00 bits per heavy atom. The van der Waals surface area contributed by atoms with Gasteiger partial charge in [0.25, 0.3) is 0 Å². The molecule has 1 fully saturated rings. The van der Waals surface area contributed by atoms with Gasteiger partial charge in [0.05, 0.1) is 0 Å². The molecular weight excluding hydrogens is 304 g/mol. The molecule has 2 N–H and O–H groups in total. The molecule has 0 spiro atoms. The Bertz CT molecular complexity index is 450. The molecule has 1 aliphatic rings. The number of nitrogens with one attached hydrogen (secondary N) is 2. The molecule has 3 nitrogen and oxygen atoms in total. The third-order valence-electron chi connectivity index (χ3n) is 3.54. The maximum Gasteiger partial charge on any atom is 0.223 e. The first kappa shape index (κ1) is 14.5. The van der Waals surface area contributed by atoms with Crippen LogP contribution in [0.3, 0.4) is 0 Å². The summed E-state index contributed by atoms with van der Waals surface area (Å²) in [6.45, 7) is 5.79. The van der Waals surface area contributed by atoms with Crippen molar-refractivity contribution in [2.45, 2.75) is 32.2 Å². The molecule has 1 aromatic carbocycles. The van der Waals surface area contributed by atoms with Gasteiger partial charge in [-0.25, -0.2) is 0 Å². The first-order chi connectivity index (χ1) is 9.11. The quantitative estimate of drug-likeness (QED) is 0.844. The highest BCUT2D eigenvalue weighted by Crippen LogP contribution is 2.47. The van der Waals surface area contributed by atoms with E-state index in [2.05, 4.69) is 52.5 Å². The van der Waals surface area contributed by atoms with Crippen molar-refractivity contribution in [1.29, 1.82) is 0 Å². The van der Waals surface area contributed by atoms with Crippen LogP contribution in [0.2, 0.25) is 0 Å². The SMILES string of the molecule is CCN[C@H](C)CNC(=O)C1CC1c1cccc(Br)c1. The van der Waals surface area contributed by atoms with Gasteiger partial charge >= 0.3 is 0 Å². The zero-order valence-corrected chi connectivity index (χ0v) is 13.0. The summed E-state index contributed by atoms with van der Waals surface area (Å²) in [7, 11) is 0. The van der Waals surface area contributed by atoms with Gasteiger partial charge in [0, 0.05) is 23.0 Å². The smallest absolute Gasteiger partial charge is 0.223 e. The van der Waals surface area contributed by atoms with Crippen molar-refractivity contribution in [3.63, 3.8) is 0 Å². The summed E-state index contributed by atoms with van der Waals surface area (Å²) in [6, 6.07) is 8.58. The molecule has 0 radical (unpaired) electrons. The van der Waals surface area contributed by atoms with Gasteiger partial charge in [-0.3, -0.25) is 4.79 Å². The number of rotatable bonds is 6. The number of carbonyl (C=O) groups excluding carboxylic acids is 1. The van der Waals surface area contributed by atoms with Gasteiger partial charge in [0.2, 0.25) is 5.91 Å². The summed E-state index contributed by atoms with van der Waals surface area (Å²) < 4.78 is 1.08. The molecule has 104 valence electrons. The Kier molecular flexibility index (Phi) is 4.99. The highest BCUT2D eigenvalue weighted by Gasteiger charge is 2.43. The van der Waals surface area contributed by atoms with Crippen LogP contribution in [0.4, 0.5) is 0 Å². The van der Waals surface area contributed by atoms with Crippen LogP contribution in [0.1, 0.15) is 31.7 Å². The van der Waals surface area contributed by atoms with Crippen molar-refractivity contribution < 1.29 is 4.79 Å². The van der Waals surface area contributed by atoms with E-state index in [1.54, 1.807) is 0 Å². The van der Waals surface area contributed by atoms with E-state index in [-0.39, 0.29) is 11.8 Å². The molecule has 1 aromatic rings. The van der Waals surface area contributed by atoms with Crippen LogP contribution in [0.25, 0.3) is 0 Å². The minimum absolute atomic E-state index is 0.156. The number of benzene rings is 1. The Hall–Kier alpha value is -0.870. The lowest BCUT2D eigenvalue weighted by molar-refractivity contribution is -0.122. The minimum Gasteiger partial charge on any atom is -0.354 e. The van der Waals surface area contributed by atoms with Gasteiger partial charge in [0.15, 0.2) is 0 Å². The molecule has 2 rings (SSSR count). The lowest BCUT2D eigenvalue weighted by atomic mass is 10.1. The number of hydrogen-bond acceptors (Lipinski definition) is 2. The summed E-state index contributed by atoms with van der Waals surface area (Å²) in [5.41, 5.74) is 1.26. The Labute approximate surface area is 123 Å². The van der Waals surface area contributed by atoms with Crippen LogP contribution >= 0.6 is 15.9 Å². The second-order valence-corrected chi connectivity index (χ2v) is 6.12. The molecule has 1 amide bonds. The van der Waals surface area contributed by atoms with Crippen LogP contribution in [0.5, 0.6) is 0 Å². The summed E-state index contributed by atoms with van der Waals surface area (Å²) in [6.07, 6.45) is 0.970. The summed E-state index contributed by atoms with van der Waals surface area (Å²) in [5, 5.41) is 6.32. The summed E-state index contributed by atoms with van der Waals surface area (Å²) >= 11 is 3.47. The predicted octanol–water partition coefficient (Wildman–Crippen LogP) is 2.67. The number of hydrogen-bond donors (Lipinski definition) is 2. The highest BCUT2D eigenvalue weighted by molar-refractivity contribution is 9.10. The number of halogens is 1. The van der Waals surface area contributed by atoms with Gasteiger partial charge < -0.3 is 10.6 Å². The molecule has 1 aliphatic carbocycles. The molecular formula is C15H21BrN2O. The topological polar surface area (TPSA) is 41.1 Å². The second-order valence-electron chi connectivity index (χ2n) is 5.21. The van der Waals surface area contributed by atoms with Gasteiger partial charge in [-0.15, -0.1) is 0 Å². The second kappa shape index (κ2) is 6.53. The lowest BCUT2D eigenvalue weighted by Crippen LogP contribution is -2.39. The van der Waals surface area contributed by atoms with E-state index < -0.39 is 0 Å². The molecule has 0 saturated heterocycles. The molecule has 0 aliphatic heterocycles. The van der Waals surface area contributed by atoms with Crippen molar-refractivity contribution in [1.82, 2.24) is 10.6 Å². The molecule has 4 heteroatoms. The van der Waals surface area contributed by atoms with Gasteiger partial charge in [-0.2, -0.15) is 0 Å². The van der Waals surface area contributed by atoms with E-state index in [1.807, 2.05) is 12.1 Å². The van der Waals surface area contributed by atoms with Crippen molar-refractivity contribution in [2.24, 2.45) is 5.92 Å². The maximum atomic E-state index is 12.0. The zero-order chi connectivity index (χ0) is 13.8. The fourth-order valence-corrected chi connectivity index (χ4v) is 2.81. The molecule has 19 heavy (non-hydrogen) atoms. The Morgan fingerprint density at radius 1 is 1.53 bits per heavy atom. The van der Waals surface area contributed by atoms with Gasteiger partial charge in [-0.05, 0) is 43.5 Å². The van der Waals surface area contributed by atoms with Crippen LogP contribution in [0.15, 0.2) is 28.7 Å². The van der Waals surface area contributed by atoms with E-state index in [9.17, 15) is 4.79 Å². The zero-order valence-electron chi connectivity index (χ0n) is 11.4. The monoisotopic (exact) mass is 324 g/mol. The van der Waals surface area contributed by atoms with E-state index in [1.165, 1.54) is 5.56 Å². The molecule has 0 aromatic heterocycles.